The van der Waals surface area contributed by atoms with Gasteiger partial charge in [-0.05, 0) is 62.7 Å². The number of hydrogen-bond acceptors (Lipinski definition) is 3. The van der Waals surface area contributed by atoms with E-state index in [2.05, 4.69) is 10.1 Å². The molecule has 5 rings (SSSR count). The van der Waals surface area contributed by atoms with Crippen LogP contribution in [0.3, 0.4) is 0 Å². The summed E-state index contributed by atoms with van der Waals surface area (Å²) >= 11 is 0. The Hall–Kier alpha value is -3.54. The van der Waals surface area contributed by atoms with E-state index in [-0.39, 0.29) is 5.91 Å². The summed E-state index contributed by atoms with van der Waals surface area (Å²) in [5.74, 6) is 0.872. The molecule has 2 aromatic carbocycles. The third-order valence-corrected chi connectivity index (χ3v) is 6.16. The minimum absolute atomic E-state index is 0.0469. The molecule has 1 N–H and O–H groups in total. The van der Waals surface area contributed by atoms with E-state index >= 15 is 0 Å². The molecule has 0 aliphatic carbocycles. The van der Waals surface area contributed by atoms with Crippen LogP contribution in [-0.2, 0) is 13.0 Å². The highest BCUT2D eigenvalue weighted by Crippen LogP contribution is 2.31. The fourth-order valence-corrected chi connectivity index (χ4v) is 4.52. The van der Waals surface area contributed by atoms with Crippen molar-refractivity contribution in [2.75, 3.05) is 13.7 Å². The average Bonchev–Trinajstić information content (AvgIpc) is 3.31. The van der Waals surface area contributed by atoms with Crippen molar-refractivity contribution >= 4 is 16.8 Å². The number of rotatable bonds is 3. The minimum Gasteiger partial charge on any atom is -0.497 e. The molecule has 0 radical (unpaired) electrons. The SMILES string of the molecule is COc1ccc2[nH]c3c(c2c1)CN(C(=O)c1ccc(C)c(-n2nc(C)cc2C)c1)CC3. The standard InChI is InChI=1S/C25H26N4O2/c1-15-5-6-18(12-24(15)29-17(3)11-16(2)27-29)25(30)28-10-9-23-21(14-28)20-13-19(31-4)7-8-22(20)26-23/h5-8,11-13,26H,9-10,14H2,1-4H3. The first-order valence-electron chi connectivity index (χ1n) is 10.6. The molecule has 0 bridgehead atoms. The van der Waals surface area contributed by atoms with Crippen LogP contribution in [0.4, 0.5) is 0 Å². The molecule has 2 aromatic heterocycles. The second-order valence-corrected chi connectivity index (χ2v) is 8.31. The highest BCUT2D eigenvalue weighted by Gasteiger charge is 2.25. The van der Waals surface area contributed by atoms with Crippen LogP contribution in [-0.4, -0.2) is 39.2 Å². The summed E-state index contributed by atoms with van der Waals surface area (Å²) in [5, 5.41) is 5.73. The van der Waals surface area contributed by atoms with Gasteiger partial charge in [0.05, 0.1) is 18.5 Å². The van der Waals surface area contributed by atoms with Crippen molar-refractivity contribution in [3.63, 3.8) is 0 Å². The lowest BCUT2D eigenvalue weighted by atomic mass is 10.0. The molecule has 0 fully saturated rings. The summed E-state index contributed by atoms with van der Waals surface area (Å²) in [5.41, 5.74) is 8.22. The van der Waals surface area contributed by atoms with E-state index in [0.717, 1.165) is 45.7 Å². The Morgan fingerprint density at radius 2 is 1.94 bits per heavy atom. The van der Waals surface area contributed by atoms with Gasteiger partial charge in [0.25, 0.3) is 5.91 Å². The predicted molar refractivity (Wildman–Crippen MR) is 121 cm³/mol. The van der Waals surface area contributed by atoms with Crippen LogP contribution in [0.25, 0.3) is 16.6 Å². The molecule has 3 heterocycles. The van der Waals surface area contributed by atoms with E-state index < -0.39 is 0 Å². The Labute approximate surface area is 181 Å². The van der Waals surface area contributed by atoms with Gasteiger partial charge in [0.15, 0.2) is 0 Å². The maximum Gasteiger partial charge on any atom is 0.254 e. The van der Waals surface area contributed by atoms with Crippen LogP contribution in [0.2, 0.25) is 0 Å². The van der Waals surface area contributed by atoms with Crippen molar-refractivity contribution in [2.24, 2.45) is 0 Å². The molecule has 31 heavy (non-hydrogen) atoms. The van der Waals surface area contributed by atoms with E-state index in [1.165, 1.54) is 11.3 Å². The number of benzene rings is 2. The molecule has 4 aromatic rings. The highest BCUT2D eigenvalue weighted by atomic mass is 16.5. The number of nitrogens with zero attached hydrogens (tertiary/aromatic N) is 3. The van der Waals surface area contributed by atoms with Crippen molar-refractivity contribution in [1.29, 1.82) is 0 Å². The van der Waals surface area contributed by atoms with Crippen LogP contribution in [0.15, 0.2) is 42.5 Å². The quantitative estimate of drug-likeness (QED) is 0.537. The van der Waals surface area contributed by atoms with Crippen LogP contribution >= 0.6 is 0 Å². The second kappa shape index (κ2) is 7.30. The van der Waals surface area contributed by atoms with Crippen molar-refractivity contribution < 1.29 is 9.53 Å². The van der Waals surface area contributed by atoms with Gasteiger partial charge in [-0.2, -0.15) is 5.10 Å². The molecule has 158 valence electrons. The Bertz CT molecular complexity index is 1310. The molecule has 6 heteroatoms. The number of nitrogens with one attached hydrogen (secondary N) is 1. The maximum atomic E-state index is 13.4. The summed E-state index contributed by atoms with van der Waals surface area (Å²) < 4.78 is 7.32. The Kier molecular flexibility index (Phi) is 4.58. The van der Waals surface area contributed by atoms with E-state index in [1.807, 2.05) is 72.8 Å². The molecule has 0 atom stereocenters. The first kappa shape index (κ1) is 19.4. The zero-order valence-electron chi connectivity index (χ0n) is 18.3. The van der Waals surface area contributed by atoms with E-state index in [0.29, 0.717) is 18.7 Å². The van der Waals surface area contributed by atoms with Crippen LogP contribution in [0.5, 0.6) is 5.75 Å². The molecule has 1 amide bonds. The summed E-state index contributed by atoms with van der Waals surface area (Å²) in [6.45, 7) is 7.34. The van der Waals surface area contributed by atoms with Gasteiger partial charge < -0.3 is 14.6 Å². The molecule has 1 aliphatic heterocycles. The van der Waals surface area contributed by atoms with E-state index in [1.54, 1.807) is 7.11 Å². The van der Waals surface area contributed by atoms with Gasteiger partial charge in [0, 0.05) is 52.9 Å². The number of aromatic amines is 1. The number of ether oxygens (including phenoxy) is 1. The number of amides is 1. The van der Waals surface area contributed by atoms with Crippen LogP contribution < -0.4 is 4.74 Å². The van der Waals surface area contributed by atoms with Gasteiger partial charge in [-0.1, -0.05) is 6.07 Å². The summed E-state index contributed by atoms with van der Waals surface area (Å²) in [7, 11) is 1.67. The van der Waals surface area contributed by atoms with Gasteiger partial charge in [-0.3, -0.25) is 4.79 Å². The number of H-pyrrole nitrogens is 1. The Balaban J connectivity index is 1.48. The molecule has 0 saturated carbocycles. The number of carbonyl (C=O) groups excluding carboxylic acids is 1. The Morgan fingerprint density at radius 3 is 2.68 bits per heavy atom. The first-order valence-corrected chi connectivity index (χ1v) is 10.6. The van der Waals surface area contributed by atoms with Crippen molar-refractivity contribution in [2.45, 2.75) is 33.7 Å². The lowest BCUT2D eigenvalue weighted by molar-refractivity contribution is 0.0735. The number of hydrogen-bond donors (Lipinski definition) is 1. The number of carbonyl (C=O) groups is 1. The number of aryl methyl sites for hydroxylation is 3. The molecule has 0 saturated heterocycles. The minimum atomic E-state index is 0.0469. The molecular formula is C25H26N4O2. The summed E-state index contributed by atoms with van der Waals surface area (Å²) in [6.07, 6.45) is 0.814. The largest absolute Gasteiger partial charge is 0.497 e. The number of fused-ring (bicyclic) bond motifs is 3. The van der Waals surface area contributed by atoms with Gasteiger partial charge in [-0.25, -0.2) is 4.68 Å². The third kappa shape index (κ3) is 3.28. The monoisotopic (exact) mass is 414 g/mol. The number of aromatic nitrogens is 3. The van der Waals surface area contributed by atoms with E-state index in [4.69, 9.17) is 4.74 Å². The zero-order chi connectivity index (χ0) is 21.7. The lowest BCUT2D eigenvalue weighted by Crippen LogP contribution is -2.35. The molecule has 0 spiro atoms. The number of methoxy groups -OCH3 is 1. The molecule has 1 aliphatic rings. The average molecular weight is 415 g/mol. The topological polar surface area (TPSA) is 63.1 Å². The fourth-order valence-electron chi connectivity index (χ4n) is 4.52. The van der Waals surface area contributed by atoms with Crippen molar-refractivity contribution in [3.8, 4) is 11.4 Å². The fraction of sp³-hybridized carbons (Fsp3) is 0.280. The van der Waals surface area contributed by atoms with Crippen molar-refractivity contribution in [1.82, 2.24) is 19.7 Å². The highest BCUT2D eigenvalue weighted by molar-refractivity contribution is 5.96. The summed E-state index contributed by atoms with van der Waals surface area (Å²) in [4.78, 5) is 18.9. The van der Waals surface area contributed by atoms with Gasteiger partial charge >= 0.3 is 0 Å². The molecule has 0 unspecified atom stereocenters. The lowest BCUT2D eigenvalue weighted by Gasteiger charge is -2.27. The second-order valence-electron chi connectivity index (χ2n) is 8.31. The first-order chi connectivity index (χ1) is 14.9. The van der Waals surface area contributed by atoms with Gasteiger partial charge in [0.1, 0.15) is 5.75 Å². The van der Waals surface area contributed by atoms with Gasteiger partial charge in [0.2, 0.25) is 0 Å². The van der Waals surface area contributed by atoms with Crippen LogP contribution in [0.1, 0.15) is 38.6 Å². The Morgan fingerprint density at radius 1 is 1.10 bits per heavy atom. The molecule has 6 nitrogen and oxygen atoms in total. The molecular weight excluding hydrogens is 388 g/mol. The third-order valence-electron chi connectivity index (χ3n) is 6.16. The zero-order valence-corrected chi connectivity index (χ0v) is 18.3. The van der Waals surface area contributed by atoms with Crippen LogP contribution in [0, 0.1) is 20.8 Å². The maximum absolute atomic E-state index is 13.4. The summed E-state index contributed by atoms with van der Waals surface area (Å²) in [6, 6.07) is 14.0. The van der Waals surface area contributed by atoms with Gasteiger partial charge in [-0.15, -0.1) is 0 Å². The van der Waals surface area contributed by atoms with Crippen molar-refractivity contribution in [3.05, 3.63) is 76.2 Å². The smallest absolute Gasteiger partial charge is 0.254 e. The normalized spacial score (nSPS) is 13.5. The predicted octanol–water partition coefficient (Wildman–Crippen LogP) is 4.49. The van der Waals surface area contributed by atoms with E-state index in [9.17, 15) is 4.79 Å².